The zero-order valence-corrected chi connectivity index (χ0v) is 14.9. The molecule has 1 aromatic carbocycles. The van der Waals surface area contributed by atoms with Crippen LogP contribution in [0.15, 0.2) is 30.3 Å². The summed E-state index contributed by atoms with van der Waals surface area (Å²) in [5.41, 5.74) is 0.935. The number of halogens is 1. The highest BCUT2D eigenvalue weighted by Gasteiger charge is 2.36. The van der Waals surface area contributed by atoms with Gasteiger partial charge in [0.2, 0.25) is 9.05 Å². The van der Waals surface area contributed by atoms with Crippen molar-refractivity contribution in [2.75, 3.05) is 12.3 Å². The fourth-order valence-electron chi connectivity index (χ4n) is 2.98. The van der Waals surface area contributed by atoms with Crippen LogP contribution in [0.4, 0.5) is 4.79 Å². The number of carbonyl (C=O) groups excluding carboxylic acids is 1. The van der Waals surface area contributed by atoms with E-state index in [1.54, 1.807) is 4.90 Å². The van der Waals surface area contributed by atoms with Crippen LogP contribution < -0.4 is 0 Å². The summed E-state index contributed by atoms with van der Waals surface area (Å²) in [5, 5.41) is 0. The molecule has 0 spiro atoms. The summed E-state index contributed by atoms with van der Waals surface area (Å²) in [4.78, 5) is 14.0. The summed E-state index contributed by atoms with van der Waals surface area (Å²) >= 11 is 0. The Kier molecular flexibility index (Phi) is 5.92. The average molecular weight is 360 g/mol. The third-order valence-corrected chi connectivity index (χ3v) is 5.52. The van der Waals surface area contributed by atoms with Crippen LogP contribution >= 0.6 is 10.7 Å². The summed E-state index contributed by atoms with van der Waals surface area (Å²) in [6, 6.07) is 9.43. The van der Waals surface area contributed by atoms with E-state index in [1.807, 2.05) is 44.2 Å². The first-order chi connectivity index (χ1) is 10.8. The molecule has 7 heteroatoms. The Morgan fingerprint density at radius 3 is 2.57 bits per heavy atom. The molecular formula is C16H22ClNO4S. The number of carbonyl (C=O) groups is 1. The Bertz CT molecular complexity index is 635. The van der Waals surface area contributed by atoms with Gasteiger partial charge in [0, 0.05) is 23.3 Å². The van der Waals surface area contributed by atoms with Gasteiger partial charge in [0.05, 0.1) is 5.75 Å². The smallest absolute Gasteiger partial charge is 0.410 e. The van der Waals surface area contributed by atoms with Crippen molar-refractivity contribution in [3.63, 3.8) is 0 Å². The predicted octanol–water partition coefficient (Wildman–Crippen LogP) is 3.24. The van der Waals surface area contributed by atoms with Crippen molar-refractivity contribution in [3.05, 3.63) is 35.9 Å². The molecule has 1 aliphatic heterocycles. The molecule has 5 nitrogen and oxygen atoms in total. The van der Waals surface area contributed by atoms with Crippen molar-refractivity contribution >= 4 is 25.8 Å². The van der Waals surface area contributed by atoms with E-state index >= 15 is 0 Å². The molecule has 3 atom stereocenters. The maximum atomic E-state index is 12.3. The first-order valence-electron chi connectivity index (χ1n) is 7.66. The highest BCUT2D eigenvalue weighted by atomic mass is 35.7. The molecule has 1 aromatic rings. The number of rotatable bonds is 4. The van der Waals surface area contributed by atoms with Crippen molar-refractivity contribution < 1.29 is 17.9 Å². The molecular weight excluding hydrogens is 338 g/mol. The van der Waals surface area contributed by atoms with E-state index < -0.39 is 9.05 Å². The van der Waals surface area contributed by atoms with Gasteiger partial charge in [-0.2, -0.15) is 0 Å². The lowest BCUT2D eigenvalue weighted by Gasteiger charge is -2.40. The van der Waals surface area contributed by atoms with Crippen molar-refractivity contribution in [2.45, 2.75) is 32.9 Å². The van der Waals surface area contributed by atoms with Crippen LogP contribution in [0.1, 0.15) is 25.8 Å². The monoisotopic (exact) mass is 359 g/mol. The molecule has 1 amide bonds. The van der Waals surface area contributed by atoms with Crippen LogP contribution in [-0.4, -0.2) is 37.8 Å². The molecule has 1 heterocycles. The summed E-state index contributed by atoms with van der Waals surface area (Å²) in [6.45, 7) is 4.56. The molecule has 1 aliphatic rings. The van der Waals surface area contributed by atoms with Gasteiger partial charge in [0.1, 0.15) is 6.61 Å². The van der Waals surface area contributed by atoms with E-state index in [0.29, 0.717) is 13.0 Å². The second-order valence-electron chi connectivity index (χ2n) is 6.22. The van der Waals surface area contributed by atoms with Crippen LogP contribution in [0.2, 0.25) is 0 Å². The van der Waals surface area contributed by atoms with Crippen LogP contribution in [0.3, 0.4) is 0 Å². The Labute approximate surface area is 142 Å². The maximum Gasteiger partial charge on any atom is 0.410 e. The van der Waals surface area contributed by atoms with Gasteiger partial charge < -0.3 is 9.64 Å². The van der Waals surface area contributed by atoms with Gasteiger partial charge in [-0.1, -0.05) is 37.3 Å². The molecule has 1 fully saturated rings. The van der Waals surface area contributed by atoms with Gasteiger partial charge in [-0.3, -0.25) is 0 Å². The molecule has 23 heavy (non-hydrogen) atoms. The number of hydrogen-bond acceptors (Lipinski definition) is 4. The Hall–Kier alpha value is -1.27. The lowest BCUT2D eigenvalue weighted by Crippen LogP contribution is -2.49. The molecule has 0 radical (unpaired) electrons. The molecule has 128 valence electrons. The van der Waals surface area contributed by atoms with Crippen LogP contribution in [0.25, 0.3) is 0 Å². The first kappa shape index (κ1) is 18.1. The summed E-state index contributed by atoms with van der Waals surface area (Å²) < 4.78 is 27.9. The van der Waals surface area contributed by atoms with E-state index in [9.17, 15) is 13.2 Å². The highest BCUT2D eigenvalue weighted by Crippen LogP contribution is 2.30. The van der Waals surface area contributed by atoms with Crippen LogP contribution in [0, 0.1) is 11.8 Å². The number of benzene rings is 1. The van der Waals surface area contributed by atoms with Gasteiger partial charge in [-0.05, 0) is 30.7 Å². The van der Waals surface area contributed by atoms with E-state index in [4.69, 9.17) is 15.4 Å². The standard InChI is InChI=1S/C16H22ClNO4S/c1-12-9-18(13(2)8-15(12)11-23(17,20)21)16(19)22-10-14-6-4-3-5-7-14/h3-7,12-13,15H,8-11H2,1-2H3. The normalized spacial score (nSPS) is 25.2. The van der Waals surface area contributed by atoms with E-state index in [0.717, 1.165) is 5.56 Å². The molecule has 0 bridgehead atoms. The molecule has 0 N–H and O–H groups in total. The molecule has 1 saturated heterocycles. The maximum absolute atomic E-state index is 12.3. The minimum atomic E-state index is -3.53. The summed E-state index contributed by atoms with van der Waals surface area (Å²) in [7, 11) is 1.84. The van der Waals surface area contributed by atoms with Gasteiger partial charge >= 0.3 is 6.09 Å². The molecule has 3 unspecified atom stereocenters. The fourth-order valence-corrected chi connectivity index (χ4v) is 4.44. The minimum absolute atomic E-state index is 0.0364. The second-order valence-corrected chi connectivity index (χ2v) is 9.04. The van der Waals surface area contributed by atoms with E-state index in [2.05, 4.69) is 0 Å². The summed E-state index contributed by atoms with van der Waals surface area (Å²) in [6.07, 6.45) is 0.244. The zero-order chi connectivity index (χ0) is 17.0. The second kappa shape index (κ2) is 7.53. The Balaban J connectivity index is 1.92. The summed E-state index contributed by atoms with van der Waals surface area (Å²) in [5.74, 6) is -0.0258. The topological polar surface area (TPSA) is 63.7 Å². The minimum Gasteiger partial charge on any atom is -0.445 e. The van der Waals surface area contributed by atoms with Gasteiger partial charge in [-0.25, -0.2) is 13.2 Å². The molecule has 0 aliphatic carbocycles. The number of amides is 1. The number of piperidine rings is 1. The van der Waals surface area contributed by atoms with E-state index in [1.165, 1.54) is 0 Å². The van der Waals surface area contributed by atoms with Crippen LogP contribution in [-0.2, 0) is 20.4 Å². The fraction of sp³-hybridized carbons (Fsp3) is 0.562. The largest absolute Gasteiger partial charge is 0.445 e. The van der Waals surface area contributed by atoms with Crippen LogP contribution in [0.5, 0.6) is 0 Å². The van der Waals surface area contributed by atoms with Gasteiger partial charge in [0.15, 0.2) is 0 Å². The third-order valence-electron chi connectivity index (χ3n) is 4.32. The number of nitrogens with zero attached hydrogens (tertiary/aromatic N) is 1. The van der Waals surface area contributed by atoms with Gasteiger partial charge in [0.25, 0.3) is 0 Å². The quantitative estimate of drug-likeness (QED) is 0.774. The van der Waals surface area contributed by atoms with E-state index in [-0.39, 0.29) is 36.3 Å². The lowest BCUT2D eigenvalue weighted by molar-refractivity contribution is 0.0474. The lowest BCUT2D eigenvalue weighted by atomic mass is 9.85. The number of ether oxygens (including phenoxy) is 1. The van der Waals surface area contributed by atoms with Crippen molar-refractivity contribution in [1.29, 1.82) is 0 Å². The average Bonchev–Trinajstić information content (AvgIpc) is 2.48. The number of hydrogen-bond donors (Lipinski definition) is 0. The SMILES string of the molecule is CC1CN(C(=O)OCc2ccccc2)C(C)CC1CS(=O)(=O)Cl. The van der Waals surface area contributed by atoms with Gasteiger partial charge in [-0.15, -0.1) is 0 Å². The Morgan fingerprint density at radius 1 is 1.30 bits per heavy atom. The Morgan fingerprint density at radius 2 is 1.96 bits per heavy atom. The molecule has 0 saturated carbocycles. The predicted molar refractivity (Wildman–Crippen MR) is 89.7 cm³/mol. The molecule has 0 aromatic heterocycles. The first-order valence-corrected chi connectivity index (χ1v) is 10.1. The third kappa shape index (κ3) is 5.39. The number of likely N-dealkylation sites (tertiary alicyclic amines) is 1. The van der Waals surface area contributed by atoms with Crippen molar-refractivity contribution in [1.82, 2.24) is 4.90 Å². The van der Waals surface area contributed by atoms with Crippen molar-refractivity contribution in [3.8, 4) is 0 Å². The molecule has 2 rings (SSSR count). The van der Waals surface area contributed by atoms with Crippen molar-refractivity contribution in [2.24, 2.45) is 11.8 Å². The zero-order valence-electron chi connectivity index (χ0n) is 13.3. The highest BCUT2D eigenvalue weighted by molar-refractivity contribution is 8.13.